The summed E-state index contributed by atoms with van der Waals surface area (Å²) >= 11 is 0. The number of aliphatic hydroxyl groups excluding tert-OH is 1. The first-order valence-corrected chi connectivity index (χ1v) is 25.2. The number of benzene rings is 2. The van der Waals surface area contributed by atoms with Crippen LogP contribution in [0, 0.1) is 0 Å². The number of nitrogens with one attached hydrogen (secondary N) is 2. The average molecular weight is 879 g/mol. The SMILES string of the molecule is CC(C)[Si](OCc1ccc(-n2nc(C(C)(C)C)cc2NC(=O)N[C@H]2CC[C@@H](Oc3ccc4nnc(N5[C@H](C)CCC[C@@H]5C)n4c3)c3ccccc32)cc1OCCO)(C(C)C)C(C)C. The van der Waals surface area contributed by atoms with E-state index >= 15 is 0 Å². The minimum absolute atomic E-state index is 0.120. The number of fused-ring (bicyclic) bond motifs is 2. The number of nitrogens with zero attached hydrogens (tertiary/aromatic N) is 6. The van der Waals surface area contributed by atoms with Crippen molar-refractivity contribution in [2.75, 3.05) is 23.4 Å². The lowest BCUT2D eigenvalue weighted by atomic mass is 9.85. The lowest BCUT2D eigenvalue weighted by Gasteiger charge is -2.42. The second kappa shape index (κ2) is 19.0. The number of anilines is 2. The quantitative estimate of drug-likeness (QED) is 0.0877. The summed E-state index contributed by atoms with van der Waals surface area (Å²) in [6.07, 6.45) is 6.70. The van der Waals surface area contributed by atoms with Crippen LogP contribution in [0.4, 0.5) is 16.6 Å². The summed E-state index contributed by atoms with van der Waals surface area (Å²) < 4.78 is 23.7. The molecule has 14 heteroatoms. The van der Waals surface area contributed by atoms with Crippen LogP contribution in [0.25, 0.3) is 11.3 Å². The summed E-state index contributed by atoms with van der Waals surface area (Å²) in [5, 5.41) is 30.3. The highest BCUT2D eigenvalue weighted by Crippen LogP contribution is 2.44. The van der Waals surface area contributed by atoms with E-state index in [1.54, 1.807) is 4.68 Å². The Morgan fingerprint density at radius 1 is 0.889 bits per heavy atom. The van der Waals surface area contributed by atoms with E-state index in [0.717, 1.165) is 58.3 Å². The molecule has 0 spiro atoms. The molecule has 3 aromatic heterocycles. The monoisotopic (exact) mass is 879 g/mol. The van der Waals surface area contributed by atoms with Gasteiger partial charge in [0.2, 0.25) is 14.3 Å². The van der Waals surface area contributed by atoms with E-state index < -0.39 is 8.32 Å². The molecule has 2 aromatic carbocycles. The molecule has 2 amide bonds. The fourth-order valence-corrected chi connectivity index (χ4v) is 15.6. The van der Waals surface area contributed by atoms with Crippen LogP contribution < -0.4 is 25.0 Å². The Morgan fingerprint density at radius 2 is 1.59 bits per heavy atom. The lowest BCUT2D eigenvalue weighted by molar-refractivity contribution is 0.171. The molecule has 4 atom stereocenters. The van der Waals surface area contributed by atoms with Gasteiger partial charge in [0.25, 0.3) is 0 Å². The normalized spacial score (nSPS) is 19.5. The third kappa shape index (κ3) is 9.63. The number of piperidine rings is 1. The molecule has 4 heterocycles. The molecule has 3 N–H and O–H groups in total. The van der Waals surface area contributed by atoms with Crippen molar-refractivity contribution >= 4 is 31.8 Å². The summed E-state index contributed by atoms with van der Waals surface area (Å²) in [7, 11) is -2.16. The highest BCUT2D eigenvalue weighted by atomic mass is 28.4. The zero-order valence-electron chi connectivity index (χ0n) is 39.3. The van der Waals surface area contributed by atoms with Gasteiger partial charge in [-0.25, -0.2) is 9.48 Å². The fourth-order valence-electron chi connectivity index (χ4n) is 10.2. The summed E-state index contributed by atoms with van der Waals surface area (Å²) in [5.74, 6) is 2.75. The van der Waals surface area contributed by atoms with Gasteiger partial charge in [-0.15, -0.1) is 10.2 Å². The van der Waals surface area contributed by atoms with Gasteiger partial charge in [-0.3, -0.25) is 9.72 Å². The van der Waals surface area contributed by atoms with Gasteiger partial charge in [-0.2, -0.15) is 5.10 Å². The molecule has 1 aliphatic heterocycles. The number of pyridine rings is 1. The predicted octanol–water partition coefficient (Wildman–Crippen LogP) is 10.8. The van der Waals surface area contributed by atoms with Crippen LogP contribution in [0.2, 0.25) is 16.6 Å². The van der Waals surface area contributed by atoms with Crippen molar-refractivity contribution in [3.8, 4) is 17.2 Å². The number of urea groups is 1. The number of aromatic nitrogens is 5. The Labute approximate surface area is 375 Å². The molecular formula is C49H70N8O5Si. The highest BCUT2D eigenvalue weighted by Gasteiger charge is 2.45. The molecule has 7 rings (SSSR count). The first kappa shape index (κ1) is 46.1. The van der Waals surface area contributed by atoms with Crippen molar-refractivity contribution in [1.29, 1.82) is 0 Å². The number of amides is 2. The maximum atomic E-state index is 14.0. The Hall–Kier alpha value is -4.92. The molecular weight excluding hydrogens is 809 g/mol. The van der Waals surface area contributed by atoms with Gasteiger partial charge in [0.1, 0.15) is 30.0 Å². The molecule has 63 heavy (non-hydrogen) atoms. The van der Waals surface area contributed by atoms with Crippen molar-refractivity contribution in [3.05, 3.63) is 89.2 Å². The molecule has 0 unspecified atom stereocenters. The number of carbonyl (C=O) groups is 1. The second-order valence-corrected chi connectivity index (χ2v) is 25.1. The summed E-state index contributed by atoms with van der Waals surface area (Å²) in [4.78, 5) is 16.4. The molecule has 13 nitrogen and oxygen atoms in total. The molecule has 2 aliphatic rings. The number of ether oxygens (including phenoxy) is 2. The van der Waals surface area contributed by atoms with Crippen molar-refractivity contribution < 1.29 is 23.8 Å². The van der Waals surface area contributed by atoms with Crippen LogP contribution in [-0.4, -0.2) is 69.1 Å². The zero-order valence-corrected chi connectivity index (χ0v) is 40.3. The molecule has 340 valence electrons. The Morgan fingerprint density at radius 3 is 2.25 bits per heavy atom. The molecule has 1 fully saturated rings. The van der Waals surface area contributed by atoms with E-state index in [-0.39, 0.29) is 36.8 Å². The van der Waals surface area contributed by atoms with Crippen LogP contribution in [0.5, 0.6) is 11.5 Å². The van der Waals surface area contributed by atoms with Crippen LogP contribution in [0.1, 0.15) is 143 Å². The molecule has 5 aromatic rings. The van der Waals surface area contributed by atoms with Crippen molar-refractivity contribution in [2.24, 2.45) is 0 Å². The predicted molar refractivity (Wildman–Crippen MR) is 253 cm³/mol. The van der Waals surface area contributed by atoms with E-state index in [1.807, 2.05) is 54.7 Å². The molecule has 0 radical (unpaired) electrons. The van der Waals surface area contributed by atoms with E-state index in [9.17, 15) is 9.90 Å². The van der Waals surface area contributed by atoms with Crippen LogP contribution in [0.15, 0.2) is 66.9 Å². The zero-order chi connectivity index (χ0) is 45.2. The molecule has 0 bridgehead atoms. The largest absolute Gasteiger partial charge is 0.491 e. The summed E-state index contributed by atoms with van der Waals surface area (Å²) in [6, 6.07) is 20.2. The third-order valence-electron chi connectivity index (χ3n) is 13.3. The first-order valence-electron chi connectivity index (χ1n) is 23.1. The van der Waals surface area contributed by atoms with Gasteiger partial charge < -0.3 is 29.2 Å². The topological polar surface area (TPSA) is 140 Å². The van der Waals surface area contributed by atoms with Gasteiger partial charge in [0.05, 0.1) is 36.8 Å². The molecule has 0 saturated carbocycles. The van der Waals surface area contributed by atoms with Crippen molar-refractivity contribution in [1.82, 2.24) is 29.7 Å². The number of hydrogen-bond acceptors (Lipinski definition) is 9. The number of aliphatic hydroxyl groups is 1. The average Bonchev–Trinajstić information content (AvgIpc) is 3.85. The van der Waals surface area contributed by atoms with Crippen LogP contribution in [0.3, 0.4) is 0 Å². The summed E-state index contributed by atoms with van der Waals surface area (Å²) in [6.45, 7) is 24.9. The maximum Gasteiger partial charge on any atom is 0.320 e. The van der Waals surface area contributed by atoms with Gasteiger partial charge in [0, 0.05) is 35.2 Å². The van der Waals surface area contributed by atoms with Gasteiger partial charge in [-0.1, -0.05) is 92.6 Å². The van der Waals surface area contributed by atoms with Gasteiger partial charge in [0.15, 0.2) is 5.65 Å². The van der Waals surface area contributed by atoms with Crippen LogP contribution >= 0.6 is 0 Å². The summed E-state index contributed by atoms with van der Waals surface area (Å²) in [5.41, 5.74) is 6.32. The maximum absolute atomic E-state index is 14.0. The third-order valence-corrected chi connectivity index (χ3v) is 19.4. The standard InChI is InChI=1S/C49H70N8O5Si/c1-31(2)63(32(3)4,33(5)6)61-30-36-19-20-37(27-43(36)60-26-25-58)57-46(28-44(54-57)49(9,10)11)51-47(59)50-41-22-23-42(40-18-13-12-17-39(40)41)62-38-21-24-45-52-53-48(55(45)29-38)56-34(7)15-14-16-35(56)8/h12-13,17-21,24,27-29,31-35,41-42,58H,14-16,22-23,25-26,30H2,1-11H3,(H2,50,51,59)/t34-,35+,41-,42+/m0/s1. The molecule has 1 aliphatic carbocycles. The van der Waals surface area contributed by atoms with Crippen molar-refractivity contribution in [2.45, 2.75) is 161 Å². The Bertz CT molecular complexity index is 2320. The Balaban J connectivity index is 1.10. The van der Waals surface area contributed by atoms with E-state index in [2.05, 4.69) is 118 Å². The van der Waals surface area contributed by atoms with E-state index in [1.165, 1.54) is 6.42 Å². The molecule has 1 saturated heterocycles. The highest BCUT2D eigenvalue weighted by molar-refractivity contribution is 6.77. The number of rotatable bonds is 15. The number of hydrogen-bond donors (Lipinski definition) is 3. The lowest BCUT2D eigenvalue weighted by Crippen LogP contribution is -2.47. The minimum atomic E-state index is -2.16. The second-order valence-electron chi connectivity index (χ2n) is 19.6. The fraction of sp³-hybridized carbons (Fsp3) is 0.551. The van der Waals surface area contributed by atoms with E-state index in [4.69, 9.17) is 19.0 Å². The van der Waals surface area contributed by atoms with Crippen molar-refractivity contribution in [3.63, 3.8) is 0 Å². The van der Waals surface area contributed by atoms with Gasteiger partial charge >= 0.3 is 6.03 Å². The Kier molecular flexibility index (Phi) is 13.9. The first-order chi connectivity index (χ1) is 30.0. The number of carbonyl (C=O) groups excluding carboxylic acids is 1. The minimum Gasteiger partial charge on any atom is -0.491 e. The van der Waals surface area contributed by atoms with E-state index in [0.29, 0.717) is 59.7 Å². The van der Waals surface area contributed by atoms with Gasteiger partial charge in [-0.05, 0) is 91.9 Å². The smallest absolute Gasteiger partial charge is 0.320 e. The van der Waals surface area contributed by atoms with Crippen LogP contribution in [-0.2, 0) is 16.4 Å².